The number of ether oxygens (including phenoxy) is 1. The number of anilines is 2. The predicted octanol–water partition coefficient (Wildman–Crippen LogP) is 5.81. The summed E-state index contributed by atoms with van der Waals surface area (Å²) in [6, 6.07) is 19.5. The van der Waals surface area contributed by atoms with E-state index in [0.29, 0.717) is 18.3 Å². The topological polar surface area (TPSA) is 89.2 Å². The molecule has 0 radical (unpaired) electrons. The van der Waals surface area contributed by atoms with E-state index in [2.05, 4.69) is 16.3 Å². The van der Waals surface area contributed by atoms with Crippen LogP contribution in [0.25, 0.3) is 6.08 Å². The lowest BCUT2D eigenvalue weighted by molar-refractivity contribution is 0.163. The van der Waals surface area contributed by atoms with Gasteiger partial charge in [0.15, 0.2) is 0 Å². The molecule has 6 nitrogen and oxygen atoms in total. The molecule has 1 aliphatic rings. The number of nitrogens with zero attached hydrogens (tertiary/aromatic N) is 3. The molecule has 0 spiro atoms. The SMILES string of the molecule is Cc1cc(N(CCOC(=O)Nc2ccccc2)C2CCCCC2)ccc1C=C(C#N)C#N. The van der Waals surface area contributed by atoms with Crippen molar-refractivity contribution in [3.63, 3.8) is 0 Å². The van der Waals surface area contributed by atoms with Crippen molar-refractivity contribution in [3.8, 4) is 12.1 Å². The number of nitrogens with one attached hydrogen (secondary N) is 1. The molecule has 1 amide bonds. The van der Waals surface area contributed by atoms with Gasteiger partial charge in [0.2, 0.25) is 0 Å². The molecule has 1 fully saturated rings. The summed E-state index contributed by atoms with van der Waals surface area (Å²) in [6.07, 6.45) is 7.04. The van der Waals surface area contributed by atoms with Crippen LogP contribution in [0.3, 0.4) is 0 Å². The van der Waals surface area contributed by atoms with E-state index in [0.717, 1.165) is 29.7 Å². The van der Waals surface area contributed by atoms with Gasteiger partial charge in [-0.05, 0) is 61.2 Å². The maximum atomic E-state index is 12.2. The minimum Gasteiger partial charge on any atom is -0.447 e. The maximum Gasteiger partial charge on any atom is 0.411 e. The van der Waals surface area contributed by atoms with Crippen LogP contribution in [-0.4, -0.2) is 25.3 Å². The molecule has 0 bridgehead atoms. The van der Waals surface area contributed by atoms with Crippen LogP contribution in [0.1, 0.15) is 43.2 Å². The zero-order valence-corrected chi connectivity index (χ0v) is 18.4. The molecule has 0 aromatic heterocycles. The molecule has 0 saturated heterocycles. The van der Waals surface area contributed by atoms with Crippen molar-refractivity contribution < 1.29 is 9.53 Å². The van der Waals surface area contributed by atoms with Crippen molar-refractivity contribution in [2.24, 2.45) is 0 Å². The fourth-order valence-corrected chi connectivity index (χ4v) is 4.07. The Morgan fingerprint density at radius 2 is 1.84 bits per heavy atom. The van der Waals surface area contributed by atoms with Crippen molar-refractivity contribution in [2.75, 3.05) is 23.4 Å². The second-order valence-corrected chi connectivity index (χ2v) is 7.93. The lowest BCUT2D eigenvalue weighted by Crippen LogP contribution is -2.39. The van der Waals surface area contributed by atoms with Gasteiger partial charge < -0.3 is 9.64 Å². The standard InChI is InChI=1S/C26H28N4O2/c1-20-16-25(13-12-22(20)17-21(18-27)19-28)30(24-10-6-3-7-11-24)14-15-32-26(31)29-23-8-4-2-5-9-23/h2,4-5,8-9,12-13,16-17,24H,3,6-7,10-11,14-15H2,1H3,(H,29,31). The summed E-state index contributed by atoms with van der Waals surface area (Å²) in [4.78, 5) is 14.5. The monoisotopic (exact) mass is 428 g/mol. The molecule has 32 heavy (non-hydrogen) atoms. The van der Waals surface area contributed by atoms with Gasteiger partial charge in [0.25, 0.3) is 0 Å². The van der Waals surface area contributed by atoms with Crippen LogP contribution in [0.5, 0.6) is 0 Å². The Labute approximate surface area is 189 Å². The number of benzene rings is 2. The number of para-hydroxylation sites is 1. The Morgan fingerprint density at radius 3 is 2.50 bits per heavy atom. The highest BCUT2D eigenvalue weighted by atomic mass is 16.5. The van der Waals surface area contributed by atoms with Gasteiger partial charge in [-0.1, -0.05) is 43.5 Å². The molecule has 0 unspecified atom stereocenters. The molecule has 2 aromatic carbocycles. The molecule has 0 aliphatic heterocycles. The molecule has 2 aromatic rings. The Balaban J connectivity index is 1.70. The third-order valence-electron chi connectivity index (χ3n) is 5.73. The number of aryl methyl sites for hydroxylation is 1. The summed E-state index contributed by atoms with van der Waals surface area (Å²) in [5.74, 6) is 0. The van der Waals surface area contributed by atoms with Crippen LogP contribution in [0.15, 0.2) is 54.1 Å². The van der Waals surface area contributed by atoms with E-state index >= 15 is 0 Å². The van der Waals surface area contributed by atoms with E-state index in [-0.39, 0.29) is 12.2 Å². The lowest BCUT2D eigenvalue weighted by atomic mass is 9.93. The fraction of sp³-hybridized carbons (Fsp3) is 0.346. The largest absolute Gasteiger partial charge is 0.447 e. The van der Waals surface area contributed by atoms with E-state index < -0.39 is 6.09 Å². The van der Waals surface area contributed by atoms with E-state index in [1.807, 2.05) is 61.5 Å². The van der Waals surface area contributed by atoms with Gasteiger partial charge in [0.05, 0.1) is 6.54 Å². The number of rotatable bonds is 7. The first kappa shape index (κ1) is 22.9. The molecule has 0 heterocycles. The van der Waals surface area contributed by atoms with Gasteiger partial charge >= 0.3 is 6.09 Å². The minimum absolute atomic E-state index is 0.0859. The smallest absolute Gasteiger partial charge is 0.411 e. The highest BCUT2D eigenvalue weighted by Gasteiger charge is 2.22. The van der Waals surface area contributed by atoms with Crippen molar-refractivity contribution in [1.82, 2.24) is 0 Å². The number of carbonyl (C=O) groups excluding carboxylic acids is 1. The number of hydrogen-bond acceptors (Lipinski definition) is 5. The number of amides is 1. The van der Waals surface area contributed by atoms with Gasteiger partial charge in [0.1, 0.15) is 24.3 Å². The van der Waals surface area contributed by atoms with Crippen molar-refractivity contribution in [2.45, 2.75) is 45.1 Å². The number of hydrogen-bond donors (Lipinski definition) is 1. The molecule has 1 aliphatic carbocycles. The van der Waals surface area contributed by atoms with Crippen LogP contribution in [0.2, 0.25) is 0 Å². The first-order valence-corrected chi connectivity index (χ1v) is 11.0. The highest BCUT2D eigenvalue weighted by molar-refractivity contribution is 5.84. The Kier molecular flexibility index (Phi) is 8.29. The predicted molar refractivity (Wildman–Crippen MR) is 126 cm³/mol. The molecule has 6 heteroatoms. The highest BCUT2D eigenvalue weighted by Crippen LogP contribution is 2.29. The summed E-state index contributed by atoms with van der Waals surface area (Å²) >= 11 is 0. The summed E-state index contributed by atoms with van der Waals surface area (Å²) < 4.78 is 5.45. The van der Waals surface area contributed by atoms with Gasteiger partial charge in [-0.25, -0.2) is 4.79 Å². The Bertz CT molecular complexity index is 1010. The average molecular weight is 429 g/mol. The first-order chi connectivity index (χ1) is 15.6. The summed E-state index contributed by atoms with van der Waals surface area (Å²) in [7, 11) is 0. The normalized spacial score (nSPS) is 13.3. The molecule has 164 valence electrons. The van der Waals surface area contributed by atoms with Crippen LogP contribution < -0.4 is 10.2 Å². The second kappa shape index (κ2) is 11.6. The number of carbonyl (C=O) groups is 1. The fourth-order valence-electron chi connectivity index (χ4n) is 4.07. The average Bonchev–Trinajstić information content (AvgIpc) is 2.82. The lowest BCUT2D eigenvalue weighted by Gasteiger charge is -2.36. The van der Waals surface area contributed by atoms with Gasteiger partial charge in [-0.15, -0.1) is 0 Å². The van der Waals surface area contributed by atoms with E-state index in [4.69, 9.17) is 15.3 Å². The summed E-state index contributed by atoms with van der Waals surface area (Å²) in [6.45, 7) is 2.86. The maximum absolute atomic E-state index is 12.2. The molecular formula is C26H28N4O2. The molecule has 1 N–H and O–H groups in total. The molecule has 0 atom stereocenters. The third kappa shape index (κ3) is 6.36. The van der Waals surface area contributed by atoms with Crippen molar-refractivity contribution in [1.29, 1.82) is 10.5 Å². The van der Waals surface area contributed by atoms with Crippen LogP contribution in [-0.2, 0) is 4.74 Å². The third-order valence-corrected chi connectivity index (χ3v) is 5.73. The zero-order valence-electron chi connectivity index (χ0n) is 18.4. The molecular weight excluding hydrogens is 400 g/mol. The number of nitriles is 2. The van der Waals surface area contributed by atoms with E-state index in [1.165, 1.54) is 19.3 Å². The van der Waals surface area contributed by atoms with Crippen LogP contribution >= 0.6 is 0 Å². The number of allylic oxidation sites excluding steroid dienone is 1. The summed E-state index contributed by atoms with van der Waals surface area (Å²) in [5, 5.41) is 20.8. The van der Waals surface area contributed by atoms with E-state index in [1.54, 1.807) is 6.08 Å². The molecule has 1 saturated carbocycles. The van der Waals surface area contributed by atoms with Gasteiger partial charge in [-0.2, -0.15) is 10.5 Å². The van der Waals surface area contributed by atoms with Crippen molar-refractivity contribution >= 4 is 23.5 Å². The minimum atomic E-state index is -0.461. The quantitative estimate of drug-likeness (QED) is 0.562. The second-order valence-electron chi connectivity index (χ2n) is 7.93. The van der Waals surface area contributed by atoms with Crippen molar-refractivity contribution in [3.05, 3.63) is 65.2 Å². The van der Waals surface area contributed by atoms with Crippen LogP contribution in [0.4, 0.5) is 16.2 Å². The van der Waals surface area contributed by atoms with Gasteiger partial charge in [0, 0.05) is 17.4 Å². The van der Waals surface area contributed by atoms with E-state index in [9.17, 15) is 4.79 Å². The zero-order chi connectivity index (χ0) is 22.8. The molecule has 3 rings (SSSR count). The summed E-state index contributed by atoms with van der Waals surface area (Å²) in [5.41, 5.74) is 3.70. The van der Waals surface area contributed by atoms with Gasteiger partial charge in [-0.3, -0.25) is 5.32 Å². The Morgan fingerprint density at radius 1 is 1.12 bits per heavy atom. The van der Waals surface area contributed by atoms with Crippen LogP contribution in [0, 0.1) is 29.6 Å². The Hall–Kier alpha value is -3.77. The first-order valence-electron chi connectivity index (χ1n) is 11.0.